The molecule has 1 unspecified atom stereocenters. The van der Waals surface area contributed by atoms with Crippen LogP contribution in [-0.2, 0) is 25.3 Å². The van der Waals surface area contributed by atoms with Crippen LogP contribution in [-0.4, -0.2) is 24.3 Å². The van der Waals surface area contributed by atoms with E-state index in [9.17, 15) is 27.6 Å². The molecule has 0 radical (unpaired) electrons. The molecule has 0 heterocycles. The predicted octanol–water partition coefficient (Wildman–Crippen LogP) is 5.67. The maximum atomic E-state index is 13.1. The Morgan fingerprint density at radius 2 is 1.66 bits per heavy atom. The highest BCUT2D eigenvalue weighted by Gasteiger charge is 2.32. The zero-order valence-electron chi connectivity index (χ0n) is 18.9. The molecule has 0 spiro atoms. The Balaban J connectivity index is 1.70. The lowest BCUT2D eigenvalue weighted by molar-refractivity contribution is -0.154. The van der Waals surface area contributed by atoms with Crippen LogP contribution in [0.1, 0.15) is 55.8 Å². The van der Waals surface area contributed by atoms with Gasteiger partial charge in [-0.15, -0.1) is 0 Å². The quantitative estimate of drug-likeness (QED) is 0.371. The Labute approximate surface area is 206 Å². The maximum Gasteiger partial charge on any atom is 0.416 e. The van der Waals surface area contributed by atoms with Crippen molar-refractivity contribution in [2.75, 3.05) is 11.9 Å². The molecule has 3 rings (SSSR count). The van der Waals surface area contributed by atoms with Crippen LogP contribution in [0.4, 0.5) is 18.9 Å². The highest BCUT2D eigenvalue weighted by Crippen LogP contribution is 2.34. The van der Waals surface area contributed by atoms with Gasteiger partial charge in [0.05, 0.1) is 16.3 Å². The third-order valence-electron chi connectivity index (χ3n) is 5.77. The number of esters is 1. The maximum absolute atomic E-state index is 13.1. The molecular formula is C25H26ClF3N2O4. The number of anilines is 1. The molecule has 1 aliphatic carbocycles. The average molecular weight is 511 g/mol. The molecule has 2 aromatic rings. The van der Waals surface area contributed by atoms with Gasteiger partial charge in [0.2, 0.25) is 12.0 Å². The molecular weight excluding hydrogens is 485 g/mol. The topological polar surface area (TPSA) is 84.5 Å². The first-order valence-electron chi connectivity index (χ1n) is 11.3. The third-order valence-corrected chi connectivity index (χ3v) is 6.10. The van der Waals surface area contributed by atoms with E-state index in [1.165, 1.54) is 12.1 Å². The summed E-state index contributed by atoms with van der Waals surface area (Å²) < 4.78 is 44.6. The Kier molecular flexibility index (Phi) is 9.14. The number of hydrogen-bond acceptors (Lipinski definition) is 4. The van der Waals surface area contributed by atoms with Gasteiger partial charge in [0.1, 0.15) is 6.54 Å². The minimum absolute atomic E-state index is 0.111. The van der Waals surface area contributed by atoms with E-state index in [4.69, 9.17) is 16.3 Å². The molecule has 188 valence electrons. The molecule has 10 heteroatoms. The second kappa shape index (κ2) is 12.1. The van der Waals surface area contributed by atoms with Crippen LogP contribution < -0.4 is 10.6 Å². The highest BCUT2D eigenvalue weighted by atomic mass is 35.5. The minimum Gasteiger partial charge on any atom is -0.446 e. The van der Waals surface area contributed by atoms with Crippen molar-refractivity contribution in [3.63, 3.8) is 0 Å². The first-order valence-corrected chi connectivity index (χ1v) is 11.7. The van der Waals surface area contributed by atoms with Crippen molar-refractivity contribution >= 4 is 35.1 Å². The van der Waals surface area contributed by atoms with Crippen molar-refractivity contribution in [1.82, 2.24) is 5.32 Å². The molecule has 2 amide bonds. The molecule has 1 saturated carbocycles. The van der Waals surface area contributed by atoms with Crippen LogP contribution in [0.25, 0.3) is 0 Å². The molecule has 0 aromatic heterocycles. The molecule has 35 heavy (non-hydrogen) atoms. The van der Waals surface area contributed by atoms with Crippen molar-refractivity contribution in [3.05, 3.63) is 64.7 Å². The van der Waals surface area contributed by atoms with Crippen LogP contribution in [0.2, 0.25) is 5.02 Å². The predicted molar refractivity (Wildman–Crippen MR) is 125 cm³/mol. The van der Waals surface area contributed by atoms with Crippen molar-refractivity contribution in [2.45, 2.75) is 50.8 Å². The molecule has 2 N–H and O–H groups in total. The number of halogens is 4. The fourth-order valence-electron chi connectivity index (χ4n) is 3.91. The second-order valence-corrected chi connectivity index (χ2v) is 8.78. The van der Waals surface area contributed by atoms with E-state index in [0.717, 1.165) is 50.7 Å². The number of ether oxygens (including phenoxy) is 1. The van der Waals surface area contributed by atoms with E-state index >= 15 is 0 Å². The average Bonchev–Trinajstić information content (AvgIpc) is 3.12. The summed E-state index contributed by atoms with van der Waals surface area (Å²) in [6, 6.07) is 10.5. The Morgan fingerprint density at radius 3 is 2.29 bits per heavy atom. The SMILES string of the molecule is O=C(CNC(=O)C1CCCCCC1)OC(C(=O)Nc1cc(C(F)(F)F)ccc1Cl)c1ccccc1. The van der Waals surface area contributed by atoms with Crippen LogP contribution >= 0.6 is 11.6 Å². The van der Waals surface area contributed by atoms with E-state index in [0.29, 0.717) is 11.6 Å². The van der Waals surface area contributed by atoms with E-state index in [1.54, 1.807) is 18.2 Å². The van der Waals surface area contributed by atoms with E-state index < -0.39 is 36.3 Å². The summed E-state index contributed by atoms with van der Waals surface area (Å²) in [5.74, 6) is -2.14. The highest BCUT2D eigenvalue weighted by molar-refractivity contribution is 6.33. The standard InChI is InChI=1S/C25H26ClF3N2O4/c26-19-13-12-18(25(27,28)29)14-20(19)31-24(34)22(16-8-6-3-7-9-16)35-21(32)15-30-23(33)17-10-4-1-2-5-11-17/h3,6-9,12-14,17,22H,1-2,4-5,10-11,15H2,(H,30,33)(H,31,34). The van der Waals surface area contributed by atoms with Gasteiger partial charge in [-0.25, -0.2) is 0 Å². The van der Waals surface area contributed by atoms with E-state index in [1.807, 2.05) is 0 Å². The van der Waals surface area contributed by atoms with Crippen LogP contribution in [0.3, 0.4) is 0 Å². The summed E-state index contributed by atoms with van der Waals surface area (Å²) in [5.41, 5.74) is -0.964. The molecule has 1 fully saturated rings. The number of carbonyl (C=O) groups excluding carboxylic acids is 3. The van der Waals surface area contributed by atoms with Crippen LogP contribution in [0.5, 0.6) is 0 Å². The molecule has 6 nitrogen and oxygen atoms in total. The van der Waals surface area contributed by atoms with E-state index in [-0.39, 0.29) is 22.5 Å². The zero-order chi connectivity index (χ0) is 25.4. The molecule has 0 aliphatic heterocycles. The zero-order valence-corrected chi connectivity index (χ0v) is 19.6. The lowest BCUT2D eigenvalue weighted by Gasteiger charge is -2.20. The summed E-state index contributed by atoms with van der Waals surface area (Å²) in [7, 11) is 0. The molecule has 0 bridgehead atoms. The number of nitrogens with one attached hydrogen (secondary N) is 2. The Morgan fingerprint density at radius 1 is 1.00 bits per heavy atom. The number of amides is 2. The van der Waals surface area contributed by atoms with Crippen LogP contribution in [0.15, 0.2) is 48.5 Å². The molecule has 2 aromatic carbocycles. The van der Waals surface area contributed by atoms with Gasteiger partial charge in [-0.1, -0.05) is 67.6 Å². The van der Waals surface area contributed by atoms with E-state index in [2.05, 4.69) is 10.6 Å². The smallest absolute Gasteiger partial charge is 0.416 e. The minimum atomic E-state index is -4.63. The summed E-state index contributed by atoms with van der Waals surface area (Å²) in [5, 5.41) is 4.77. The summed E-state index contributed by atoms with van der Waals surface area (Å²) in [4.78, 5) is 37.9. The van der Waals surface area contributed by atoms with Crippen molar-refractivity contribution in [3.8, 4) is 0 Å². The fourth-order valence-corrected chi connectivity index (χ4v) is 4.08. The van der Waals surface area contributed by atoms with Gasteiger partial charge in [-0.2, -0.15) is 13.2 Å². The molecule has 1 aliphatic rings. The van der Waals surface area contributed by atoms with Gasteiger partial charge < -0.3 is 15.4 Å². The Hall–Kier alpha value is -3.07. The van der Waals surface area contributed by atoms with Gasteiger partial charge >= 0.3 is 12.1 Å². The molecule has 0 saturated heterocycles. The third kappa shape index (κ3) is 7.71. The second-order valence-electron chi connectivity index (χ2n) is 8.37. The first kappa shape index (κ1) is 26.5. The number of benzene rings is 2. The van der Waals surface area contributed by atoms with Crippen molar-refractivity contribution in [2.24, 2.45) is 5.92 Å². The monoisotopic (exact) mass is 510 g/mol. The number of rotatable bonds is 7. The number of hydrogen-bond donors (Lipinski definition) is 2. The molecule has 1 atom stereocenters. The van der Waals surface area contributed by atoms with Crippen LogP contribution in [0, 0.1) is 5.92 Å². The van der Waals surface area contributed by atoms with Crippen molar-refractivity contribution < 1.29 is 32.3 Å². The summed E-state index contributed by atoms with van der Waals surface area (Å²) >= 11 is 5.98. The van der Waals surface area contributed by atoms with Crippen molar-refractivity contribution in [1.29, 1.82) is 0 Å². The van der Waals surface area contributed by atoms with Gasteiger partial charge in [0.15, 0.2) is 0 Å². The van der Waals surface area contributed by atoms with Gasteiger partial charge in [0.25, 0.3) is 5.91 Å². The summed E-state index contributed by atoms with van der Waals surface area (Å²) in [6.45, 7) is -0.434. The first-order chi connectivity index (χ1) is 16.6. The lowest BCUT2D eigenvalue weighted by Crippen LogP contribution is -2.36. The fraction of sp³-hybridized carbons (Fsp3) is 0.400. The Bertz CT molecular complexity index is 1040. The summed E-state index contributed by atoms with van der Waals surface area (Å²) in [6.07, 6.45) is -0.519. The van der Waals surface area contributed by atoms with Gasteiger partial charge in [0, 0.05) is 11.5 Å². The van der Waals surface area contributed by atoms with Gasteiger partial charge in [-0.05, 0) is 31.0 Å². The largest absolute Gasteiger partial charge is 0.446 e. The lowest BCUT2D eigenvalue weighted by atomic mass is 9.99. The van der Waals surface area contributed by atoms with Gasteiger partial charge in [-0.3, -0.25) is 14.4 Å². The normalized spacial score (nSPS) is 15.5. The number of carbonyl (C=O) groups is 3. The number of alkyl halides is 3.